The Labute approximate surface area is 69.4 Å². The minimum absolute atomic E-state index is 0.236. The van der Waals surface area contributed by atoms with E-state index in [-0.39, 0.29) is 5.54 Å². The summed E-state index contributed by atoms with van der Waals surface area (Å²) < 4.78 is 0. The van der Waals surface area contributed by atoms with Crippen LogP contribution in [0.15, 0.2) is 0 Å². The van der Waals surface area contributed by atoms with Crippen LogP contribution in [0.25, 0.3) is 0 Å². The van der Waals surface area contributed by atoms with Crippen LogP contribution in [-0.2, 0) is 0 Å². The lowest BCUT2D eigenvalue weighted by atomic mass is 9.84. The SMILES string of the molecule is C[C@@H]1C[C@H](C)C2(N)CCCC12. The lowest BCUT2D eigenvalue weighted by molar-refractivity contribution is 0.283. The summed E-state index contributed by atoms with van der Waals surface area (Å²) in [5, 5.41) is 0. The van der Waals surface area contributed by atoms with Gasteiger partial charge in [-0.25, -0.2) is 0 Å². The topological polar surface area (TPSA) is 26.0 Å². The molecule has 0 aromatic carbocycles. The van der Waals surface area contributed by atoms with Gasteiger partial charge < -0.3 is 5.73 Å². The van der Waals surface area contributed by atoms with Gasteiger partial charge in [-0.1, -0.05) is 20.3 Å². The standard InChI is InChI=1S/C10H19N/c1-7-6-8(2)10(11)5-3-4-9(7)10/h7-9H,3-6,11H2,1-2H3/t7-,8+,9?,10?/m1/s1. The highest BCUT2D eigenvalue weighted by Gasteiger charge is 2.51. The first kappa shape index (κ1) is 7.60. The molecule has 1 nitrogen and oxygen atoms in total. The van der Waals surface area contributed by atoms with Gasteiger partial charge in [-0.15, -0.1) is 0 Å². The van der Waals surface area contributed by atoms with Crippen LogP contribution in [0.5, 0.6) is 0 Å². The summed E-state index contributed by atoms with van der Waals surface area (Å²) in [4.78, 5) is 0. The summed E-state index contributed by atoms with van der Waals surface area (Å²) >= 11 is 0. The summed E-state index contributed by atoms with van der Waals surface area (Å²) in [7, 11) is 0. The first-order valence-electron chi connectivity index (χ1n) is 4.93. The van der Waals surface area contributed by atoms with Crippen LogP contribution in [0.4, 0.5) is 0 Å². The van der Waals surface area contributed by atoms with Crippen molar-refractivity contribution in [3.63, 3.8) is 0 Å². The Kier molecular flexibility index (Phi) is 1.54. The predicted octanol–water partition coefficient (Wildman–Crippen LogP) is 2.16. The van der Waals surface area contributed by atoms with E-state index < -0.39 is 0 Å². The molecule has 0 aromatic rings. The van der Waals surface area contributed by atoms with Crippen LogP contribution in [0.3, 0.4) is 0 Å². The van der Waals surface area contributed by atoms with Crippen LogP contribution in [0, 0.1) is 17.8 Å². The third-order valence-electron chi connectivity index (χ3n) is 4.14. The van der Waals surface area contributed by atoms with Crippen molar-refractivity contribution in [2.24, 2.45) is 23.5 Å². The molecule has 64 valence electrons. The van der Waals surface area contributed by atoms with E-state index in [1.807, 2.05) is 0 Å². The Balaban J connectivity index is 2.25. The molecule has 0 radical (unpaired) electrons. The van der Waals surface area contributed by atoms with E-state index in [0.29, 0.717) is 0 Å². The normalized spacial score (nSPS) is 56.5. The quantitative estimate of drug-likeness (QED) is 0.567. The zero-order valence-electron chi connectivity index (χ0n) is 7.64. The number of hydrogen-bond donors (Lipinski definition) is 1. The molecule has 2 unspecified atom stereocenters. The summed E-state index contributed by atoms with van der Waals surface area (Å²) in [5.41, 5.74) is 6.63. The Morgan fingerprint density at radius 3 is 2.73 bits per heavy atom. The van der Waals surface area contributed by atoms with Gasteiger partial charge in [-0.3, -0.25) is 0 Å². The van der Waals surface area contributed by atoms with Crippen LogP contribution < -0.4 is 5.73 Å². The lowest BCUT2D eigenvalue weighted by Crippen LogP contribution is -2.45. The number of fused-ring (bicyclic) bond motifs is 1. The zero-order chi connectivity index (χ0) is 8.06. The minimum atomic E-state index is 0.236. The van der Waals surface area contributed by atoms with Crippen molar-refractivity contribution in [3.8, 4) is 0 Å². The second-order valence-electron chi connectivity index (χ2n) is 4.73. The number of nitrogens with two attached hydrogens (primary N) is 1. The van der Waals surface area contributed by atoms with Crippen molar-refractivity contribution in [2.45, 2.75) is 45.1 Å². The fraction of sp³-hybridized carbons (Fsp3) is 1.00. The largest absolute Gasteiger partial charge is 0.325 e. The van der Waals surface area contributed by atoms with Gasteiger partial charge in [-0.2, -0.15) is 0 Å². The number of rotatable bonds is 0. The van der Waals surface area contributed by atoms with Gasteiger partial charge in [0.15, 0.2) is 0 Å². The fourth-order valence-corrected chi connectivity index (χ4v) is 3.45. The highest BCUT2D eigenvalue weighted by atomic mass is 14.8. The minimum Gasteiger partial charge on any atom is -0.325 e. The van der Waals surface area contributed by atoms with E-state index in [1.165, 1.54) is 25.7 Å². The number of hydrogen-bond acceptors (Lipinski definition) is 1. The Morgan fingerprint density at radius 1 is 1.36 bits per heavy atom. The summed E-state index contributed by atoms with van der Waals surface area (Å²) in [6.45, 7) is 4.71. The molecule has 2 aliphatic rings. The molecule has 4 atom stereocenters. The van der Waals surface area contributed by atoms with Gasteiger partial charge in [-0.05, 0) is 37.0 Å². The molecule has 2 saturated carbocycles. The molecule has 0 amide bonds. The summed E-state index contributed by atoms with van der Waals surface area (Å²) in [6.07, 6.45) is 5.40. The molecule has 0 saturated heterocycles. The average Bonchev–Trinajstić information content (AvgIpc) is 2.39. The molecule has 2 N–H and O–H groups in total. The Bertz CT molecular complexity index is 166. The second-order valence-corrected chi connectivity index (χ2v) is 4.73. The van der Waals surface area contributed by atoms with E-state index in [2.05, 4.69) is 13.8 Å². The highest BCUT2D eigenvalue weighted by Crippen LogP contribution is 2.51. The predicted molar refractivity (Wildman–Crippen MR) is 47.2 cm³/mol. The Hall–Kier alpha value is -0.0400. The van der Waals surface area contributed by atoms with Gasteiger partial charge >= 0.3 is 0 Å². The maximum Gasteiger partial charge on any atom is 0.0211 e. The van der Waals surface area contributed by atoms with Gasteiger partial charge in [0, 0.05) is 5.54 Å². The van der Waals surface area contributed by atoms with Crippen LogP contribution >= 0.6 is 0 Å². The maximum absolute atomic E-state index is 6.40. The molecule has 0 bridgehead atoms. The van der Waals surface area contributed by atoms with Crippen molar-refractivity contribution < 1.29 is 0 Å². The average molecular weight is 153 g/mol. The van der Waals surface area contributed by atoms with E-state index in [1.54, 1.807) is 0 Å². The highest BCUT2D eigenvalue weighted by molar-refractivity contribution is 5.06. The van der Waals surface area contributed by atoms with Crippen molar-refractivity contribution in [2.75, 3.05) is 0 Å². The molecule has 0 aromatic heterocycles. The molecule has 0 aliphatic heterocycles. The summed E-state index contributed by atoms with van der Waals surface area (Å²) in [5.74, 6) is 2.50. The van der Waals surface area contributed by atoms with Crippen molar-refractivity contribution in [3.05, 3.63) is 0 Å². The van der Waals surface area contributed by atoms with Gasteiger partial charge in [0.05, 0.1) is 0 Å². The van der Waals surface area contributed by atoms with Crippen molar-refractivity contribution in [1.82, 2.24) is 0 Å². The van der Waals surface area contributed by atoms with Gasteiger partial charge in [0.2, 0.25) is 0 Å². The monoisotopic (exact) mass is 153 g/mol. The Morgan fingerprint density at radius 2 is 2.09 bits per heavy atom. The van der Waals surface area contributed by atoms with Crippen LogP contribution in [0.1, 0.15) is 39.5 Å². The molecule has 2 rings (SSSR count). The lowest BCUT2D eigenvalue weighted by Gasteiger charge is -2.29. The smallest absolute Gasteiger partial charge is 0.0211 e. The first-order chi connectivity index (χ1) is 5.14. The third-order valence-corrected chi connectivity index (χ3v) is 4.14. The van der Waals surface area contributed by atoms with Gasteiger partial charge in [0.25, 0.3) is 0 Å². The second kappa shape index (κ2) is 2.22. The molecule has 2 aliphatic carbocycles. The van der Waals surface area contributed by atoms with Gasteiger partial charge in [0.1, 0.15) is 0 Å². The van der Waals surface area contributed by atoms with E-state index in [9.17, 15) is 0 Å². The van der Waals surface area contributed by atoms with Crippen LogP contribution in [0.2, 0.25) is 0 Å². The molecule has 0 heterocycles. The zero-order valence-corrected chi connectivity index (χ0v) is 7.64. The molecular weight excluding hydrogens is 134 g/mol. The molecule has 2 fully saturated rings. The maximum atomic E-state index is 6.40. The molecule has 11 heavy (non-hydrogen) atoms. The summed E-state index contributed by atoms with van der Waals surface area (Å²) in [6, 6.07) is 0. The fourth-order valence-electron chi connectivity index (χ4n) is 3.45. The van der Waals surface area contributed by atoms with E-state index in [4.69, 9.17) is 5.73 Å². The van der Waals surface area contributed by atoms with E-state index >= 15 is 0 Å². The molecular formula is C10H19N. The van der Waals surface area contributed by atoms with Crippen molar-refractivity contribution >= 4 is 0 Å². The van der Waals surface area contributed by atoms with Crippen LogP contribution in [-0.4, -0.2) is 5.54 Å². The molecule has 1 heteroatoms. The first-order valence-corrected chi connectivity index (χ1v) is 4.93. The molecule has 0 spiro atoms. The third kappa shape index (κ3) is 0.868. The van der Waals surface area contributed by atoms with Crippen molar-refractivity contribution in [1.29, 1.82) is 0 Å². The van der Waals surface area contributed by atoms with E-state index in [0.717, 1.165) is 17.8 Å².